The molecule has 0 unspecified atom stereocenters. The highest BCUT2D eigenvalue weighted by atomic mass is 16.3. The first-order chi connectivity index (χ1) is 21.3. The van der Waals surface area contributed by atoms with Crippen molar-refractivity contribution in [1.82, 2.24) is 19.9 Å². The maximum Gasteiger partial charge on any atom is 0.164 e. The van der Waals surface area contributed by atoms with Crippen molar-refractivity contribution < 1.29 is 4.42 Å². The van der Waals surface area contributed by atoms with Crippen molar-refractivity contribution in [2.24, 2.45) is 0 Å². The first-order valence-corrected chi connectivity index (χ1v) is 14.1. The molecule has 0 amide bonds. The molecule has 0 aliphatic rings. The van der Waals surface area contributed by atoms with E-state index in [0.29, 0.717) is 17.5 Å². The third-order valence-corrected chi connectivity index (χ3v) is 7.60. The predicted molar refractivity (Wildman–Crippen MR) is 172 cm³/mol. The summed E-state index contributed by atoms with van der Waals surface area (Å²) in [5.74, 6) is 1.82. The van der Waals surface area contributed by atoms with E-state index in [1.165, 1.54) is 0 Å². The maximum atomic E-state index is 6.08. The normalized spacial score (nSPS) is 11.3. The lowest BCUT2D eigenvalue weighted by molar-refractivity contribution is 0.669. The lowest BCUT2D eigenvalue weighted by Gasteiger charge is -2.12. The van der Waals surface area contributed by atoms with Crippen molar-refractivity contribution in [3.05, 3.63) is 146 Å². The van der Waals surface area contributed by atoms with Gasteiger partial charge in [0, 0.05) is 45.4 Å². The number of pyridine rings is 1. The highest BCUT2D eigenvalue weighted by Crippen LogP contribution is 2.35. The van der Waals surface area contributed by atoms with Crippen LogP contribution in [0.15, 0.2) is 150 Å². The Bertz CT molecular complexity index is 2170. The minimum absolute atomic E-state index is 0.601. The van der Waals surface area contributed by atoms with Crippen LogP contribution in [0.2, 0.25) is 0 Å². The van der Waals surface area contributed by atoms with Crippen LogP contribution in [0, 0.1) is 0 Å². The molecule has 0 fully saturated rings. The van der Waals surface area contributed by atoms with E-state index in [1.54, 1.807) is 6.20 Å². The van der Waals surface area contributed by atoms with E-state index in [0.717, 1.165) is 60.9 Å². The van der Waals surface area contributed by atoms with Crippen LogP contribution in [-0.4, -0.2) is 19.9 Å². The number of furan rings is 1. The number of hydrogen-bond acceptors (Lipinski definition) is 5. The molecule has 0 atom stereocenters. The molecule has 0 bridgehead atoms. The van der Waals surface area contributed by atoms with Gasteiger partial charge in [0.2, 0.25) is 0 Å². The van der Waals surface area contributed by atoms with Gasteiger partial charge in [-0.3, -0.25) is 4.98 Å². The number of hydrogen-bond donors (Lipinski definition) is 0. The summed E-state index contributed by atoms with van der Waals surface area (Å²) in [4.78, 5) is 19.4. The Balaban J connectivity index is 1.35. The number of benzene rings is 5. The molecule has 0 N–H and O–H groups in total. The summed E-state index contributed by atoms with van der Waals surface area (Å²) in [5.41, 5.74) is 8.67. The molecule has 3 aromatic heterocycles. The molecule has 0 aliphatic heterocycles. The highest BCUT2D eigenvalue weighted by Gasteiger charge is 2.16. The van der Waals surface area contributed by atoms with Gasteiger partial charge in [0.05, 0.1) is 0 Å². The van der Waals surface area contributed by atoms with Gasteiger partial charge in [0.25, 0.3) is 0 Å². The highest BCUT2D eigenvalue weighted by molar-refractivity contribution is 6.06. The largest absolute Gasteiger partial charge is 0.456 e. The molecule has 43 heavy (non-hydrogen) atoms. The fourth-order valence-electron chi connectivity index (χ4n) is 5.47. The van der Waals surface area contributed by atoms with Crippen LogP contribution in [0.1, 0.15) is 0 Å². The quantitative estimate of drug-likeness (QED) is 0.213. The summed E-state index contributed by atoms with van der Waals surface area (Å²) < 4.78 is 6.08. The second kappa shape index (κ2) is 10.5. The molecule has 5 heteroatoms. The van der Waals surface area contributed by atoms with Crippen LogP contribution in [0.4, 0.5) is 0 Å². The predicted octanol–water partition coefficient (Wildman–Crippen LogP) is 9.50. The van der Waals surface area contributed by atoms with E-state index in [1.807, 2.05) is 79.0 Å². The van der Waals surface area contributed by atoms with Gasteiger partial charge in [-0.05, 0) is 65.2 Å². The average molecular weight is 553 g/mol. The lowest BCUT2D eigenvalue weighted by Crippen LogP contribution is -2.00. The smallest absolute Gasteiger partial charge is 0.164 e. The van der Waals surface area contributed by atoms with Crippen LogP contribution in [0.3, 0.4) is 0 Å². The molecule has 3 heterocycles. The van der Waals surface area contributed by atoms with Gasteiger partial charge in [0.15, 0.2) is 17.5 Å². The van der Waals surface area contributed by atoms with E-state index in [9.17, 15) is 0 Å². The van der Waals surface area contributed by atoms with Crippen molar-refractivity contribution in [2.75, 3.05) is 0 Å². The minimum atomic E-state index is 0.601. The number of aromatic nitrogens is 4. The molecule has 8 aromatic rings. The number of fused-ring (bicyclic) bond motifs is 3. The standard InChI is InChI=1S/C38H24N4O/c1-3-10-25(11-4-1)29-20-30(28-14-9-19-39-24-28)22-31(21-29)38-41-36(26-12-5-2-6-13-26)40-37(42-38)27-17-18-35-33(23-27)32-15-7-8-16-34(32)43-35/h1-24H. The maximum absolute atomic E-state index is 6.08. The Hall–Kier alpha value is -5.94. The summed E-state index contributed by atoms with van der Waals surface area (Å²) in [5, 5.41) is 2.09. The molecule has 8 rings (SSSR count). The fourth-order valence-corrected chi connectivity index (χ4v) is 5.47. The van der Waals surface area contributed by atoms with Crippen molar-refractivity contribution in [3.8, 4) is 56.4 Å². The van der Waals surface area contributed by atoms with Gasteiger partial charge in [0.1, 0.15) is 11.2 Å². The van der Waals surface area contributed by atoms with E-state index in [4.69, 9.17) is 19.4 Å². The summed E-state index contributed by atoms with van der Waals surface area (Å²) in [6, 6.07) is 45.1. The molecule has 5 nitrogen and oxygen atoms in total. The molecular formula is C38H24N4O. The van der Waals surface area contributed by atoms with Crippen LogP contribution < -0.4 is 0 Å². The number of nitrogens with zero attached hydrogens (tertiary/aromatic N) is 4. The van der Waals surface area contributed by atoms with Crippen molar-refractivity contribution >= 4 is 21.9 Å². The molecule has 0 saturated carbocycles. The van der Waals surface area contributed by atoms with Crippen LogP contribution in [0.5, 0.6) is 0 Å². The zero-order chi connectivity index (χ0) is 28.6. The Morgan fingerprint density at radius 1 is 0.372 bits per heavy atom. The van der Waals surface area contributed by atoms with E-state index < -0.39 is 0 Å². The summed E-state index contributed by atoms with van der Waals surface area (Å²) in [6.07, 6.45) is 3.67. The number of para-hydroxylation sites is 1. The van der Waals surface area contributed by atoms with Crippen LogP contribution >= 0.6 is 0 Å². The molecular weight excluding hydrogens is 528 g/mol. The topological polar surface area (TPSA) is 64.7 Å². The molecule has 0 aliphatic carbocycles. The van der Waals surface area contributed by atoms with Crippen molar-refractivity contribution in [1.29, 1.82) is 0 Å². The van der Waals surface area contributed by atoms with Gasteiger partial charge >= 0.3 is 0 Å². The van der Waals surface area contributed by atoms with Gasteiger partial charge < -0.3 is 4.42 Å². The first kappa shape index (κ1) is 24.8. The number of rotatable bonds is 5. The fraction of sp³-hybridized carbons (Fsp3) is 0. The zero-order valence-corrected chi connectivity index (χ0v) is 23.1. The third kappa shape index (κ3) is 4.73. The van der Waals surface area contributed by atoms with Gasteiger partial charge in [-0.15, -0.1) is 0 Å². The molecule has 0 saturated heterocycles. The molecule has 5 aromatic carbocycles. The first-order valence-electron chi connectivity index (χ1n) is 14.1. The molecule has 0 spiro atoms. The summed E-state index contributed by atoms with van der Waals surface area (Å²) in [7, 11) is 0. The van der Waals surface area contributed by atoms with E-state index >= 15 is 0 Å². The molecule has 0 radical (unpaired) electrons. The molecule has 202 valence electrons. The van der Waals surface area contributed by atoms with E-state index in [2.05, 4.69) is 65.6 Å². The lowest BCUT2D eigenvalue weighted by atomic mass is 9.96. The summed E-state index contributed by atoms with van der Waals surface area (Å²) in [6.45, 7) is 0. The van der Waals surface area contributed by atoms with Gasteiger partial charge in [-0.2, -0.15) is 0 Å². The Morgan fingerprint density at radius 2 is 0.953 bits per heavy atom. The van der Waals surface area contributed by atoms with Crippen LogP contribution in [-0.2, 0) is 0 Å². The minimum Gasteiger partial charge on any atom is -0.456 e. The second-order valence-electron chi connectivity index (χ2n) is 10.4. The van der Waals surface area contributed by atoms with Crippen molar-refractivity contribution in [3.63, 3.8) is 0 Å². The second-order valence-corrected chi connectivity index (χ2v) is 10.4. The van der Waals surface area contributed by atoms with Crippen LogP contribution in [0.25, 0.3) is 78.4 Å². The average Bonchev–Trinajstić information content (AvgIpc) is 3.47. The monoisotopic (exact) mass is 552 g/mol. The Morgan fingerprint density at radius 3 is 1.70 bits per heavy atom. The Kier molecular flexibility index (Phi) is 6.05. The SMILES string of the molecule is c1ccc(-c2cc(-c3cccnc3)cc(-c3nc(-c4ccccc4)nc(-c4ccc5oc6ccccc6c5c4)n3)c2)cc1. The van der Waals surface area contributed by atoms with Crippen molar-refractivity contribution in [2.45, 2.75) is 0 Å². The van der Waals surface area contributed by atoms with Gasteiger partial charge in [-0.1, -0.05) is 84.9 Å². The summed E-state index contributed by atoms with van der Waals surface area (Å²) >= 11 is 0. The third-order valence-electron chi connectivity index (χ3n) is 7.60. The van der Waals surface area contributed by atoms with Gasteiger partial charge in [-0.25, -0.2) is 15.0 Å². The van der Waals surface area contributed by atoms with E-state index in [-0.39, 0.29) is 0 Å². The zero-order valence-electron chi connectivity index (χ0n) is 23.1. The Labute approximate surface area is 248 Å².